The topological polar surface area (TPSA) is 54.5 Å². The number of halogens is 2. The van der Waals surface area contributed by atoms with E-state index in [4.69, 9.17) is 0 Å². The van der Waals surface area contributed by atoms with Gasteiger partial charge in [-0.2, -0.15) is 0 Å². The normalized spacial score (nSPS) is 21.3. The second kappa shape index (κ2) is 4.88. The summed E-state index contributed by atoms with van der Waals surface area (Å²) >= 11 is 0. The van der Waals surface area contributed by atoms with Gasteiger partial charge in [-0.05, 0) is 24.6 Å². The lowest BCUT2D eigenvalue weighted by Gasteiger charge is -2.23. The summed E-state index contributed by atoms with van der Waals surface area (Å²) in [5, 5.41) is 0. The van der Waals surface area contributed by atoms with Crippen LogP contribution in [-0.4, -0.2) is 43.8 Å². The SMILES string of the molecule is CN(C(=O)c1ccc(F)c(F)c1)C1CCS(=O)(=O)C1. The number of hydrogen-bond acceptors (Lipinski definition) is 3. The molecular weight excluding hydrogens is 276 g/mol. The highest BCUT2D eigenvalue weighted by atomic mass is 32.2. The first-order valence-electron chi connectivity index (χ1n) is 5.73. The fourth-order valence-corrected chi connectivity index (χ4v) is 3.85. The van der Waals surface area contributed by atoms with Crippen molar-refractivity contribution in [3.63, 3.8) is 0 Å². The van der Waals surface area contributed by atoms with Gasteiger partial charge in [0, 0.05) is 18.7 Å². The van der Waals surface area contributed by atoms with Crippen molar-refractivity contribution in [3.8, 4) is 0 Å². The summed E-state index contributed by atoms with van der Waals surface area (Å²) < 4.78 is 48.6. The van der Waals surface area contributed by atoms with Crippen molar-refractivity contribution in [1.82, 2.24) is 4.90 Å². The number of hydrogen-bond donors (Lipinski definition) is 0. The molecule has 1 saturated heterocycles. The molecular formula is C12H13F2NO3S. The van der Waals surface area contributed by atoms with E-state index in [1.54, 1.807) is 0 Å². The fraction of sp³-hybridized carbons (Fsp3) is 0.417. The smallest absolute Gasteiger partial charge is 0.253 e. The summed E-state index contributed by atoms with van der Waals surface area (Å²) in [4.78, 5) is 13.3. The number of nitrogens with zero attached hydrogens (tertiary/aromatic N) is 1. The van der Waals surface area contributed by atoms with Gasteiger partial charge in [-0.25, -0.2) is 17.2 Å². The molecule has 1 atom stereocenters. The molecule has 0 N–H and O–H groups in total. The van der Waals surface area contributed by atoms with Gasteiger partial charge >= 0.3 is 0 Å². The Morgan fingerprint density at radius 3 is 2.53 bits per heavy atom. The number of carbonyl (C=O) groups excluding carboxylic acids is 1. The molecule has 19 heavy (non-hydrogen) atoms. The van der Waals surface area contributed by atoms with Crippen molar-refractivity contribution in [2.24, 2.45) is 0 Å². The molecule has 4 nitrogen and oxygen atoms in total. The molecule has 1 unspecified atom stereocenters. The standard InChI is InChI=1S/C12H13F2NO3S/c1-15(9-4-5-19(17,18)7-9)12(16)8-2-3-10(13)11(14)6-8/h2-3,6,9H,4-5,7H2,1H3. The van der Waals surface area contributed by atoms with Crippen LogP contribution in [0, 0.1) is 11.6 Å². The van der Waals surface area contributed by atoms with E-state index in [0.29, 0.717) is 6.42 Å². The highest BCUT2D eigenvalue weighted by molar-refractivity contribution is 7.91. The second-order valence-corrected chi connectivity index (χ2v) is 6.83. The van der Waals surface area contributed by atoms with Gasteiger partial charge in [0.25, 0.3) is 5.91 Å². The molecule has 0 bridgehead atoms. The Morgan fingerprint density at radius 1 is 1.32 bits per heavy atom. The molecule has 1 heterocycles. The van der Waals surface area contributed by atoms with E-state index in [0.717, 1.165) is 12.1 Å². The predicted molar refractivity (Wildman–Crippen MR) is 65.5 cm³/mol. The zero-order valence-electron chi connectivity index (χ0n) is 10.3. The molecule has 1 aliphatic heterocycles. The Labute approximate surface area is 109 Å². The lowest BCUT2D eigenvalue weighted by atomic mass is 10.1. The van der Waals surface area contributed by atoms with Crippen LogP contribution < -0.4 is 0 Å². The maximum absolute atomic E-state index is 13.1. The Balaban J connectivity index is 2.17. The summed E-state index contributed by atoms with van der Waals surface area (Å²) in [6, 6.07) is 2.46. The van der Waals surface area contributed by atoms with Gasteiger partial charge in [-0.3, -0.25) is 4.79 Å². The Kier molecular flexibility index (Phi) is 3.58. The number of carbonyl (C=O) groups is 1. The Hall–Kier alpha value is -1.50. The predicted octanol–water partition coefficient (Wildman–Crippen LogP) is 1.22. The molecule has 1 aromatic carbocycles. The Morgan fingerprint density at radius 2 is 2.00 bits per heavy atom. The van der Waals surface area contributed by atoms with Crippen LogP contribution in [0.25, 0.3) is 0 Å². The van der Waals surface area contributed by atoms with E-state index >= 15 is 0 Å². The average molecular weight is 289 g/mol. The van der Waals surface area contributed by atoms with Crippen molar-refractivity contribution in [2.45, 2.75) is 12.5 Å². The van der Waals surface area contributed by atoms with Crippen molar-refractivity contribution in [2.75, 3.05) is 18.6 Å². The minimum atomic E-state index is -3.10. The van der Waals surface area contributed by atoms with Crippen LogP contribution in [0.3, 0.4) is 0 Å². The molecule has 1 aliphatic rings. The van der Waals surface area contributed by atoms with E-state index in [1.165, 1.54) is 18.0 Å². The van der Waals surface area contributed by atoms with Crippen molar-refractivity contribution in [1.29, 1.82) is 0 Å². The van der Waals surface area contributed by atoms with E-state index in [-0.39, 0.29) is 17.1 Å². The van der Waals surface area contributed by atoms with Gasteiger partial charge in [-0.15, -0.1) is 0 Å². The van der Waals surface area contributed by atoms with Gasteiger partial charge in [0.2, 0.25) is 0 Å². The maximum atomic E-state index is 13.1. The lowest BCUT2D eigenvalue weighted by molar-refractivity contribution is 0.0747. The maximum Gasteiger partial charge on any atom is 0.253 e. The molecule has 0 aromatic heterocycles. The summed E-state index contributed by atoms with van der Waals surface area (Å²) in [5.41, 5.74) is 0.00528. The van der Waals surface area contributed by atoms with Crippen LogP contribution in [0.2, 0.25) is 0 Å². The van der Waals surface area contributed by atoms with Gasteiger partial charge in [-0.1, -0.05) is 0 Å². The highest BCUT2D eigenvalue weighted by Crippen LogP contribution is 2.19. The van der Waals surface area contributed by atoms with Crippen LogP contribution in [-0.2, 0) is 9.84 Å². The molecule has 0 spiro atoms. The minimum absolute atomic E-state index is 0.00528. The van der Waals surface area contributed by atoms with Crippen LogP contribution in [0.15, 0.2) is 18.2 Å². The number of amides is 1. The van der Waals surface area contributed by atoms with E-state index in [9.17, 15) is 22.0 Å². The van der Waals surface area contributed by atoms with Crippen molar-refractivity contribution < 1.29 is 22.0 Å². The second-order valence-electron chi connectivity index (χ2n) is 4.60. The van der Waals surface area contributed by atoms with E-state index in [2.05, 4.69) is 0 Å². The fourth-order valence-electron chi connectivity index (χ4n) is 2.08. The van der Waals surface area contributed by atoms with E-state index < -0.39 is 33.4 Å². The van der Waals surface area contributed by atoms with Gasteiger partial charge in [0.05, 0.1) is 11.5 Å². The van der Waals surface area contributed by atoms with E-state index in [1.807, 2.05) is 0 Å². The zero-order chi connectivity index (χ0) is 14.2. The lowest BCUT2D eigenvalue weighted by Crippen LogP contribution is -2.37. The highest BCUT2D eigenvalue weighted by Gasteiger charge is 2.33. The molecule has 1 fully saturated rings. The summed E-state index contributed by atoms with van der Waals surface area (Å²) in [6.45, 7) is 0. The monoisotopic (exact) mass is 289 g/mol. The van der Waals surface area contributed by atoms with Crippen LogP contribution in [0.1, 0.15) is 16.8 Å². The molecule has 1 aromatic rings. The molecule has 0 aliphatic carbocycles. The summed E-state index contributed by atoms with van der Waals surface area (Å²) in [6.07, 6.45) is 0.369. The van der Waals surface area contributed by atoms with Crippen LogP contribution in [0.5, 0.6) is 0 Å². The largest absolute Gasteiger partial charge is 0.338 e. The molecule has 0 radical (unpaired) electrons. The zero-order valence-corrected chi connectivity index (χ0v) is 11.1. The first-order valence-corrected chi connectivity index (χ1v) is 7.55. The molecule has 104 valence electrons. The van der Waals surface area contributed by atoms with Gasteiger partial charge in [0.1, 0.15) is 0 Å². The third-order valence-electron chi connectivity index (χ3n) is 3.24. The molecule has 0 saturated carbocycles. The van der Waals surface area contributed by atoms with Crippen molar-refractivity contribution >= 4 is 15.7 Å². The third kappa shape index (κ3) is 2.91. The average Bonchev–Trinajstić information content (AvgIpc) is 2.71. The van der Waals surface area contributed by atoms with Crippen molar-refractivity contribution in [3.05, 3.63) is 35.4 Å². The minimum Gasteiger partial charge on any atom is -0.338 e. The quantitative estimate of drug-likeness (QED) is 0.822. The van der Waals surface area contributed by atoms with Gasteiger partial charge in [0.15, 0.2) is 21.5 Å². The number of sulfone groups is 1. The first kappa shape index (κ1) is 13.9. The third-order valence-corrected chi connectivity index (χ3v) is 4.99. The number of benzene rings is 1. The first-order chi connectivity index (χ1) is 8.80. The Bertz CT molecular complexity index is 615. The summed E-state index contributed by atoms with van der Waals surface area (Å²) in [5.74, 6) is -2.67. The molecule has 1 amide bonds. The van der Waals surface area contributed by atoms with Crippen LogP contribution >= 0.6 is 0 Å². The summed E-state index contributed by atoms with van der Waals surface area (Å²) in [7, 11) is -1.63. The van der Waals surface area contributed by atoms with Crippen LogP contribution in [0.4, 0.5) is 8.78 Å². The molecule has 2 rings (SSSR count). The molecule has 7 heteroatoms. The number of rotatable bonds is 2. The van der Waals surface area contributed by atoms with Gasteiger partial charge < -0.3 is 4.90 Å².